The maximum Gasteiger partial charge on any atom is 0.242 e. The topological polar surface area (TPSA) is 176 Å². The third kappa shape index (κ3) is 11.1. The molecule has 9 N–H and O–H groups in total. The van der Waals surface area contributed by atoms with Gasteiger partial charge in [-0.2, -0.15) is 0 Å². The van der Waals surface area contributed by atoms with Gasteiger partial charge in [-0.25, -0.2) is 5.84 Å². The summed E-state index contributed by atoms with van der Waals surface area (Å²) >= 11 is 0. The summed E-state index contributed by atoms with van der Waals surface area (Å²) in [7, 11) is 1.89. The summed E-state index contributed by atoms with van der Waals surface area (Å²) in [5.74, 6) is 9.25. The minimum Gasteiger partial charge on any atom is -0.354 e. The van der Waals surface area contributed by atoms with Crippen LogP contribution in [0.5, 0.6) is 0 Å². The Morgan fingerprint density at radius 1 is 0.865 bits per heavy atom. The molecule has 0 aromatic heterocycles. The second-order valence-electron chi connectivity index (χ2n) is 8.51. The molecule has 0 aliphatic rings. The summed E-state index contributed by atoms with van der Waals surface area (Å²) in [6, 6.07) is 17.2. The average Bonchev–Trinajstić information content (AvgIpc) is 2.92. The minimum atomic E-state index is -0.731. The highest BCUT2D eigenvalue weighted by Gasteiger charge is 2.21. The van der Waals surface area contributed by atoms with Gasteiger partial charge >= 0.3 is 0 Å². The lowest BCUT2D eigenvalue weighted by Gasteiger charge is -2.19. The molecule has 37 heavy (non-hydrogen) atoms. The Morgan fingerprint density at radius 2 is 1.51 bits per heavy atom. The predicted octanol–water partition coefficient (Wildman–Crippen LogP) is 0.476. The van der Waals surface area contributed by atoms with Crippen LogP contribution in [-0.4, -0.2) is 49.9 Å². The van der Waals surface area contributed by atoms with Crippen molar-refractivity contribution in [2.45, 2.75) is 44.6 Å². The van der Waals surface area contributed by atoms with Gasteiger partial charge in [-0.1, -0.05) is 54.6 Å². The number of nitrogens with zero attached hydrogens (tertiary/aromatic N) is 1. The van der Waals surface area contributed by atoms with E-state index in [2.05, 4.69) is 31.8 Å². The number of nitrogens with one attached hydrogen (secondary N) is 5. The quantitative estimate of drug-likeness (QED) is 0.0635. The first-order valence-corrected chi connectivity index (χ1v) is 12.4. The number of carbonyl (C=O) groups is 3. The maximum absolute atomic E-state index is 12.9. The first-order valence-electron chi connectivity index (χ1n) is 12.4. The largest absolute Gasteiger partial charge is 0.354 e. The molecule has 0 aliphatic carbocycles. The Kier molecular flexibility index (Phi) is 13.2. The molecule has 0 bridgehead atoms. The van der Waals surface area contributed by atoms with E-state index >= 15 is 0 Å². The molecule has 0 saturated heterocycles. The zero-order valence-electron chi connectivity index (χ0n) is 21.3. The van der Waals surface area contributed by atoms with E-state index in [-0.39, 0.29) is 42.9 Å². The van der Waals surface area contributed by atoms with Gasteiger partial charge in [0.2, 0.25) is 23.7 Å². The Hall–Kier alpha value is -3.96. The van der Waals surface area contributed by atoms with Crippen LogP contribution in [0.2, 0.25) is 0 Å². The van der Waals surface area contributed by atoms with Crippen LogP contribution in [0.4, 0.5) is 0 Å². The lowest BCUT2D eigenvalue weighted by Crippen LogP contribution is -2.48. The van der Waals surface area contributed by atoms with Crippen LogP contribution in [0.1, 0.15) is 37.7 Å². The summed E-state index contributed by atoms with van der Waals surface area (Å²) in [4.78, 5) is 37.4. The number of carbonyl (C=O) groups excluding carboxylic acids is 3. The van der Waals surface area contributed by atoms with E-state index in [1.165, 1.54) is 0 Å². The fourth-order valence-electron chi connectivity index (χ4n) is 3.65. The van der Waals surface area contributed by atoms with E-state index < -0.39 is 6.04 Å². The van der Waals surface area contributed by atoms with Crippen LogP contribution >= 0.6 is 0 Å². The maximum atomic E-state index is 12.9. The van der Waals surface area contributed by atoms with Crippen molar-refractivity contribution < 1.29 is 14.4 Å². The number of benzene rings is 2. The molecule has 3 amide bonds. The van der Waals surface area contributed by atoms with Crippen molar-refractivity contribution in [2.24, 2.45) is 16.8 Å². The molecular weight excluding hydrogens is 472 g/mol. The van der Waals surface area contributed by atoms with Gasteiger partial charge in [0.05, 0.1) is 0 Å². The van der Waals surface area contributed by atoms with Gasteiger partial charge in [-0.05, 0) is 49.5 Å². The monoisotopic (exact) mass is 510 g/mol. The van der Waals surface area contributed by atoms with Crippen molar-refractivity contribution in [3.05, 3.63) is 60.2 Å². The van der Waals surface area contributed by atoms with Crippen molar-refractivity contribution in [1.82, 2.24) is 26.7 Å². The number of hydrazone groups is 1. The Bertz CT molecular complexity index is 1010. The molecule has 11 heteroatoms. The van der Waals surface area contributed by atoms with E-state index in [1.54, 1.807) is 0 Å². The van der Waals surface area contributed by atoms with Crippen LogP contribution in [0.3, 0.4) is 0 Å². The van der Waals surface area contributed by atoms with Crippen LogP contribution in [0, 0.1) is 0 Å². The number of amides is 3. The molecule has 0 radical (unpaired) electrons. The van der Waals surface area contributed by atoms with Gasteiger partial charge in [0.15, 0.2) is 0 Å². The zero-order chi connectivity index (χ0) is 26.9. The fraction of sp³-hybridized carbons (Fsp3) is 0.385. The van der Waals surface area contributed by atoms with Gasteiger partial charge in [0.1, 0.15) is 6.04 Å². The van der Waals surface area contributed by atoms with Gasteiger partial charge in [-0.15, -0.1) is 5.10 Å². The van der Waals surface area contributed by atoms with Gasteiger partial charge in [0.25, 0.3) is 0 Å². The zero-order valence-corrected chi connectivity index (χ0v) is 21.3. The number of guanidine groups is 1. The minimum absolute atomic E-state index is 0.0669. The van der Waals surface area contributed by atoms with Crippen LogP contribution in [0.15, 0.2) is 59.7 Å². The molecule has 1 unspecified atom stereocenters. The van der Waals surface area contributed by atoms with Gasteiger partial charge < -0.3 is 21.8 Å². The Labute approximate surface area is 217 Å². The molecule has 2 rings (SSSR count). The highest BCUT2D eigenvalue weighted by atomic mass is 16.2. The highest BCUT2D eigenvalue weighted by Crippen LogP contribution is 2.19. The number of hydrazine groups is 1. The fourth-order valence-corrected chi connectivity index (χ4v) is 3.65. The number of hydrogen-bond donors (Lipinski definition) is 7. The van der Waals surface area contributed by atoms with Crippen LogP contribution in [0.25, 0.3) is 11.1 Å². The molecule has 1 atom stereocenters. The average molecular weight is 511 g/mol. The molecule has 2 aromatic rings. The van der Waals surface area contributed by atoms with E-state index in [0.29, 0.717) is 13.0 Å². The smallest absolute Gasteiger partial charge is 0.242 e. The van der Waals surface area contributed by atoms with Crippen molar-refractivity contribution >= 4 is 23.7 Å². The standard InChI is InChI=1S/C26H38N8O3/c1-29-16-5-6-17-30-25(37)22(31-23(35)10-7-11-24(36)32-26(33-27)34-28)18-19-12-14-21(15-13-19)20-8-3-2-4-9-20/h2-4,8-9,12-15,22,29H,5-7,10-11,16-18,27-28H2,1H3,(H,30,37)(H,31,35)(H2,32,33,34,36). The molecule has 200 valence electrons. The highest BCUT2D eigenvalue weighted by molar-refractivity contribution is 5.96. The summed E-state index contributed by atoms with van der Waals surface area (Å²) in [5.41, 5.74) is 5.26. The first-order chi connectivity index (χ1) is 18.0. The Morgan fingerprint density at radius 3 is 2.16 bits per heavy atom. The second-order valence-corrected chi connectivity index (χ2v) is 8.51. The van der Waals surface area contributed by atoms with E-state index in [4.69, 9.17) is 11.7 Å². The van der Waals surface area contributed by atoms with Gasteiger partial charge in [-0.3, -0.25) is 25.1 Å². The molecule has 11 nitrogen and oxygen atoms in total. The number of hydrogen-bond acceptors (Lipinski definition) is 7. The summed E-state index contributed by atoms with van der Waals surface area (Å²) in [6.45, 7) is 1.40. The lowest BCUT2D eigenvalue weighted by atomic mass is 10.00. The van der Waals surface area contributed by atoms with Gasteiger partial charge in [0, 0.05) is 25.8 Å². The SMILES string of the molecule is CNCCCCNC(=O)C(Cc1ccc(-c2ccccc2)cc1)NC(=O)CCCC(=O)N/C(=N/N)NN. The van der Waals surface area contributed by atoms with Crippen molar-refractivity contribution in [2.75, 3.05) is 20.1 Å². The third-order valence-corrected chi connectivity index (χ3v) is 5.64. The van der Waals surface area contributed by atoms with Crippen molar-refractivity contribution in [1.29, 1.82) is 0 Å². The molecule has 2 aromatic carbocycles. The molecule has 0 heterocycles. The van der Waals surface area contributed by atoms with Crippen molar-refractivity contribution in [3.63, 3.8) is 0 Å². The van der Waals surface area contributed by atoms with E-state index in [0.717, 1.165) is 36.1 Å². The number of nitrogens with two attached hydrogens (primary N) is 2. The van der Waals surface area contributed by atoms with Crippen molar-refractivity contribution in [3.8, 4) is 11.1 Å². The second kappa shape index (κ2) is 16.7. The normalized spacial score (nSPS) is 11.9. The number of unbranched alkanes of at least 4 members (excludes halogenated alkanes) is 1. The first kappa shape index (κ1) is 29.3. The third-order valence-electron chi connectivity index (χ3n) is 5.64. The molecule has 0 fully saturated rings. The molecule has 0 aliphatic heterocycles. The predicted molar refractivity (Wildman–Crippen MR) is 145 cm³/mol. The summed E-state index contributed by atoms with van der Waals surface area (Å²) in [5, 5.41) is 14.5. The van der Waals surface area contributed by atoms with Crippen LogP contribution < -0.4 is 38.4 Å². The summed E-state index contributed by atoms with van der Waals surface area (Å²) < 4.78 is 0. The molecular formula is C26H38N8O3. The van der Waals surface area contributed by atoms with Crippen LogP contribution in [-0.2, 0) is 20.8 Å². The lowest BCUT2D eigenvalue weighted by molar-refractivity contribution is -0.129. The van der Waals surface area contributed by atoms with E-state index in [9.17, 15) is 14.4 Å². The molecule has 0 spiro atoms. The number of rotatable bonds is 14. The van der Waals surface area contributed by atoms with E-state index in [1.807, 2.05) is 61.6 Å². The molecule has 0 saturated carbocycles. The summed E-state index contributed by atoms with van der Waals surface area (Å²) in [6.07, 6.45) is 2.55. The Balaban J connectivity index is 1.96.